The molecule has 31 heavy (non-hydrogen) atoms. The second kappa shape index (κ2) is 11.6. The number of carbonyl (C=O) groups is 2. The summed E-state index contributed by atoms with van der Waals surface area (Å²) >= 11 is 0. The number of amides is 2. The number of rotatable bonds is 9. The van der Waals surface area contributed by atoms with Gasteiger partial charge < -0.3 is 20.7 Å². The van der Waals surface area contributed by atoms with E-state index >= 15 is 0 Å². The van der Waals surface area contributed by atoms with E-state index in [1.807, 2.05) is 0 Å². The van der Waals surface area contributed by atoms with Gasteiger partial charge in [0, 0.05) is 65.3 Å². The van der Waals surface area contributed by atoms with E-state index in [-0.39, 0.29) is 17.9 Å². The minimum atomic E-state index is -0.434. The average Bonchev–Trinajstić information content (AvgIpc) is 3.23. The number of hydrogen-bond acceptors (Lipinski definition) is 6. The molecule has 0 aliphatic carbocycles. The van der Waals surface area contributed by atoms with Gasteiger partial charge in [-0.2, -0.15) is 0 Å². The lowest BCUT2D eigenvalue weighted by molar-refractivity contribution is -0.136. The Hall–Kier alpha value is -2.00. The van der Waals surface area contributed by atoms with Crippen LogP contribution in [0.1, 0.15) is 24.5 Å². The van der Waals surface area contributed by atoms with E-state index < -0.39 is 6.04 Å². The molecule has 1 aromatic carbocycles. The number of likely N-dealkylation sites (tertiary alicyclic amines) is 1. The molecular weight excluding hydrogens is 394 g/mol. The Balaban J connectivity index is 1.73. The first-order valence-corrected chi connectivity index (χ1v) is 11.3. The Morgan fingerprint density at radius 1 is 1.26 bits per heavy atom. The highest BCUT2D eigenvalue weighted by atomic mass is 16.5. The molecule has 3 rings (SSSR count). The Bertz CT molecular complexity index is 738. The maximum atomic E-state index is 12.7. The molecule has 3 N–H and O–H groups in total. The van der Waals surface area contributed by atoms with Crippen LogP contribution in [0.5, 0.6) is 0 Å². The van der Waals surface area contributed by atoms with Crippen LogP contribution >= 0.6 is 0 Å². The molecule has 172 valence electrons. The van der Waals surface area contributed by atoms with Crippen LogP contribution in [0.25, 0.3) is 0 Å². The highest BCUT2D eigenvalue weighted by Gasteiger charge is 2.40. The van der Waals surface area contributed by atoms with E-state index in [4.69, 9.17) is 10.5 Å². The van der Waals surface area contributed by atoms with Gasteiger partial charge in [0.25, 0.3) is 0 Å². The Morgan fingerprint density at radius 2 is 2.00 bits per heavy atom. The van der Waals surface area contributed by atoms with Gasteiger partial charge in [0.05, 0.1) is 13.2 Å². The third kappa shape index (κ3) is 6.49. The molecule has 8 heteroatoms. The molecular formula is C23H37N5O3. The standard InChI is InChI=1S/C23H37N5O3/c1-18-5-3-4-6-20(18)16-27(10-9-26-11-13-31-14-12-26)21-15-22(23(30)25-8-7-24)28(17-21)19(2)29/h3-6,21-22H,7-17,24H2,1-2H3,(H,25,30). The minimum Gasteiger partial charge on any atom is -0.379 e. The summed E-state index contributed by atoms with van der Waals surface area (Å²) in [6.45, 7) is 11.2. The van der Waals surface area contributed by atoms with Gasteiger partial charge in [-0.15, -0.1) is 0 Å². The van der Waals surface area contributed by atoms with Crippen molar-refractivity contribution in [2.24, 2.45) is 5.73 Å². The second-order valence-corrected chi connectivity index (χ2v) is 8.51. The van der Waals surface area contributed by atoms with Crippen LogP contribution in [0, 0.1) is 6.92 Å². The summed E-state index contributed by atoms with van der Waals surface area (Å²) in [7, 11) is 0. The summed E-state index contributed by atoms with van der Waals surface area (Å²) in [5.41, 5.74) is 8.09. The summed E-state index contributed by atoms with van der Waals surface area (Å²) in [5, 5.41) is 2.86. The van der Waals surface area contributed by atoms with E-state index in [2.05, 4.69) is 46.3 Å². The van der Waals surface area contributed by atoms with Crippen LogP contribution in [-0.2, 0) is 20.9 Å². The molecule has 2 fully saturated rings. The predicted molar refractivity (Wildman–Crippen MR) is 120 cm³/mol. The first-order valence-electron chi connectivity index (χ1n) is 11.3. The number of hydrogen-bond donors (Lipinski definition) is 2. The first-order chi connectivity index (χ1) is 15.0. The number of benzene rings is 1. The quantitative estimate of drug-likeness (QED) is 0.580. The van der Waals surface area contributed by atoms with Crippen molar-refractivity contribution in [2.75, 3.05) is 59.0 Å². The van der Waals surface area contributed by atoms with Crippen molar-refractivity contribution < 1.29 is 14.3 Å². The molecule has 0 bridgehead atoms. The maximum Gasteiger partial charge on any atom is 0.242 e. The average molecular weight is 432 g/mol. The summed E-state index contributed by atoms with van der Waals surface area (Å²) < 4.78 is 5.48. The molecule has 8 nitrogen and oxygen atoms in total. The van der Waals surface area contributed by atoms with Crippen molar-refractivity contribution >= 4 is 11.8 Å². The van der Waals surface area contributed by atoms with Crippen LogP contribution in [-0.4, -0.2) is 97.6 Å². The molecule has 2 atom stereocenters. The van der Waals surface area contributed by atoms with Gasteiger partial charge in [0.15, 0.2) is 0 Å². The molecule has 2 amide bonds. The maximum absolute atomic E-state index is 12.7. The molecule has 2 heterocycles. The van der Waals surface area contributed by atoms with Crippen molar-refractivity contribution in [1.82, 2.24) is 20.0 Å². The molecule has 2 unspecified atom stereocenters. The van der Waals surface area contributed by atoms with E-state index in [1.165, 1.54) is 11.1 Å². The van der Waals surface area contributed by atoms with Gasteiger partial charge in [-0.1, -0.05) is 24.3 Å². The SMILES string of the molecule is CC(=O)N1CC(N(CCN2CCOCC2)Cc2ccccc2C)CC1C(=O)NCCN. The van der Waals surface area contributed by atoms with E-state index in [1.54, 1.807) is 11.8 Å². The normalized spacial score (nSPS) is 22.1. The van der Waals surface area contributed by atoms with Crippen molar-refractivity contribution in [1.29, 1.82) is 0 Å². The van der Waals surface area contributed by atoms with Crippen LogP contribution in [0.2, 0.25) is 0 Å². The predicted octanol–water partition coefficient (Wildman–Crippen LogP) is 0.194. The lowest BCUT2D eigenvalue weighted by Crippen LogP contribution is -2.46. The number of nitrogens with one attached hydrogen (secondary N) is 1. The number of morpholine rings is 1. The highest BCUT2D eigenvalue weighted by molar-refractivity contribution is 5.87. The van der Waals surface area contributed by atoms with Crippen LogP contribution in [0.15, 0.2) is 24.3 Å². The van der Waals surface area contributed by atoms with Crippen LogP contribution in [0.4, 0.5) is 0 Å². The molecule has 0 saturated carbocycles. The number of nitrogens with two attached hydrogens (primary N) is 1. The van der Waals surface area contributed by atoms with Crippen LogP contribution in [0.3, 0.4) is 0 Å². The zero-order valence-corrected chi connectivity index (χ0v) is 18.9. The lowest BCUT2D eigenvalue weighted by Gasteiger charge is -2.33. The fourth-order valence-electron chi connectivity index (χ4n) is 4.48. The summed E-state index contributed by atoms with van der Waals surface area (Å²) in [6, 6.07) is 8.13. The van der Waals surface area contributed by atoms with Gasteiger partial charge in [-0.3, -0.25) is 19.4 Å². The molecule has 1 aromatic rings. The number of carbonyl (C=O) groups excluding carboxylic acids is 2. The fourth-order valence-corrected chi connectivity index (χ4v) is 4.48. The van der Waals surface area contributed by atoms with Crippen molar-refractivity contribution in [3.05, 3.63) is 35.4 Å². The van der Waals surface area contributed by atoms with Crippen LogP contribution < -0.4 is 11.1 Å². The Labute approximate surface area is 185 Å². The molecule has 0 radical (unpaired) electrons. The fraction of sp³-hybridized carbons (Fsp3) is 0.652. The number of aryl methyl sites for hydroxylation is 1. The zero-order valence-electron chi connectivity index (χ0n) is 18.9. The largest absolute Gasteiger partial charge is 0.379 e. The Kier molecular flexibility index (Phi) is 8.83. The third-order valence-corrected chi connectivity index (χ3v) is 6.39. The number of nitrogens with zero attached hydrogens (tertiary/aromatic N) is 3. The summed E-state index contributed by atoms with van der Waals surface area (Å²) in [6.07, 6.45) is 0.644. The van der Waals surface area contributed by atoms with Crippen molar-refractivity contribution in [2.45, 2.75) is 38.9 Å². The first kappa shape index (κ1) is 23.7. The topological polar surface area (TPSA) is 91.1 Å². The van der Waals surface area contributed by atoms with Gasteiger partial charge >= 0.3 is 0 Å². The van der Waals surface area contributed by atoms with Gasteiger partial charge in [0.2, 0.25) is 11.8 Å². The van der Waals surface area contributed by atoms with Crippen molar-refractivity contribution in [3.63, 3.8) is 0 Å². The van der Waals surface area contributed by atoms with E-state index in [9.17, 15) is 9.59 Å². The molecule has 0 spiro atoms. The number of ether oxygens (including phenoxy) is 1. The van der Waals surface area contributed by atoms with Crippen molar-refractivity contribution in [3.8, 4) is 0 Å². The third-order valence-electron chi connectivity index (χ3n) is 6.39. The zero-order chi connectivity index (χ0) is 22.2. The van der Waals surface area contributed by atoms with Gasteiger partial charge in [-0.25, -0.2) is 0 Å². The minimum absolute atomic E-state index is 0.0561. The molecule has 2 aliphatic rings. The Morgan fingerprint density at radius 3 is 2.68 bits per heavy atom. The lowest BCUT2D eigenvalue weighted by atomic mass is 10.1. The second-order valence-electron chi connectivity index (χ2n) is 8.51. The van der Waals surface area contributed by atoms with Gasteiger partial charge in [0.1, 0.15) is 6.04 Å². The molecule has 0 aromatic heterocycles. The van der Waals surface area contributed by atoms with E-state index in [0.29, 0.717) is 26.1 Å². The summed E-state index contributed by atoms with van der Waals surface area (Å²) in [4.78, 5) is 31.6. The van der Waals surface area contributed by atoms with E-state index in [0.717, 1.165) is 45.9 Å². The van der Waals surface area contributed by atoms with Gasteiger partial charge in [-0.05, 0) is 24.5 Å². The monoisotopic (exact) mass is 431 g/mol. The smallest absolute Gasteiger partial charge is 0.242 e. The summed E-state index contributed by atoms with van der Waals surface area (Å²) in [5.74, 6) is -0.161. The molecule has 2 saturated heterocycles. The molecule has 2 aliphatic heterocycles. The highest BCUT2D eigenvalue weighted by Crippen LogP contribution is 2.25.